The van der Waals surface area contributed by atoms with Crippen LogP contribution in [0.1, 0.15) is 11.1 Å². The van der Waals surface area contributed by atoms with Gasteiger partial charge in [-0.15, -0.1) is 11.3 Å². The van der Waals surface area contributed by atoms with Crippen molar-refractivity contribution in [3.63, 3.8) is 0 Å². The predicted molar refractivity (Wildman–Crippen MR) is 242 cm³/mol. The monoisotopic (exact) mass is 746 g/mol. The lowest BCUT2D eigenvalue weighted by Crippen LogP contribution is -2.10. The molecule has 0 saturated heterocycles. The topological polar surface area (TPSA) is 19.6 Å². The Balaban J connectivity index is 1.06. The lowest BCUT2D eigenvalue weighted by molar-refractivity contribution is 0.669. The van der Waals surface area contributed by atoms with Crippen molar-refractivity contribution in [2.75, 3.05) is 9.80 Å². The Morgan fingerprint density at radius 1 is 0.368 bits per heavy atom. The van der Waals surface area contributed by atoms with E-state index < -0.39 is 0 Å². The van der Waals surface area contributed by atoms with Crippen molar-refractivity contribution < 1.29 is 4.42 Å². The molecule has 268 valence electrons. The van der Waals surface area contributed by atoms with Gasteiger partial charge >= 0.3 is 0 Å². The second-order valence-electron chi connectivity index (χ2n) is 14.9. The molecule has 3 nitrogen and oxygen atoms in total. The molecule has 57 heavy (non-hydrogen) atoms. The van der Waals surface area contributed by atoms with E-state index in [9.17, 15) is 0 Å². The molecule has 0 aliphatic heterocycles. The number of rotatable bonds is 6. The molecule has 0 atom stereocenters. The second kappa shape index (κ2) is 12.7. The van der Waals surface area contributed by atoms with Crippen LogP contribution >= 0.6 is 11.3 Å². The van der Waals surface area contributed by atoms with Crippen LogP contribution in [0.3, 0.4) is 0 Å². The van der Waals surface area contributed by atoms with E-state index in [1.165, 1.54) is 53.2 Å². The van der Waals surface area contributed by atoms with Crippen LogP contribution in [0.2, 0.25) is 0 Å². The summed E-state index contributed by atoms with van der Waals surface area (Å²) in [4.78, 5) is 4.81. The SMILES string of the molecule is c1ccc(N(c2ccc3c(c2)-c2ccccc2C3)c2ccc3sc4cc(N(c5ccccc5)c5ccc6oc7ccccc7c6c5)c5ccccc5c4c3c2)cc1. The molecule has 2 aromatic heterocycles. The van der Waals surface area contributed by atoms with E-state index in [0.717, 1.165) is 62.5 Å². The Kier molecular flexibility index (Phi) is 7.16. The molecule has 0 unspecified atom stereocenters. The minimum atomic E-state index is 0.892. The number of fused-ring (bicyclic) bond motifs is 11. The first kappa shape index (κ1) is 32.1. The molecule has 9 aromatic carbocycles. The average Bonchev–Trinajstić information content (AvgIpc) is 3.95. The highest BCUT2D eigenvalue weighted by molar-refractivity contribution is 7.26. The van der Waals surface area contributed by atoms with Crippen molar-refractivity contribution in [1.29, 1.82) is 0 Å². The van der Waals surface area contributed by atoms with E-state index >= 15 is 0 Å². The molecule has 11 aromatic rings. The fourth-order valence-corrected chi connectivity index (χ4v) is 10.2. The zero-order valence-electron chi connectivity index (χ0n) is 30.9. The van der Waals surface area contributed by atoms with Gasteiger partial charge in [0, 0.05) is 64.8 Å². The first-order chi connectivity index (χ1) is 28.2. The number of hydrogen-bond acceptors (Lipinski definition) is 4. The van der Waals surface area contributed by atoms with Gasteiger partial charge in [0.1, 0.15) is 11.2 Å². The second-order valence-corrected chi connectivity index (χ2v) is 16.0. The number of hydrogen-bond donors (Lipinski definition) is 0. The molecular weight excluding hydrogens is 713 g/mol. The zero-order chi connectivity index (χ0) is 37.5. The van der Waals surface area contributed by atoms with Crippen molar-refractivity contribution in [1.82, 2.24) is 0 Å². The third kappa shape index (κ3) is 5.11. The lowest BCUT2D eigenvalue weighted by Gasteiger charge is -2.27. The Hall–Kier alpha value is -7.14. The number of para-hydroxylation sites is 3. The maximum absolute atomic E-state index is 6.26. The molecule has 1 aliphatic carbocycles. The number of benzene rings is 9. The Morgan fingerprint density at radius 2 is 0.965 bits per heavy atom. The van der Waals surface area contributed by atoms with Crippen LogP contribution in [0.4, 0.5) is 34.1 Å². The molecule has 0 spiro atoms. The molecule has 4 heteroatoms. The molecule has 2 heterocycles. The van der Waals surface area contributed by atoms with Crippen molar-refractivity contribution >= 4 is 98.3 Å². The van der Waals surface area contributed by atoms with Crippen LogP contribution in [0, 0.1) is 0 Å². The molecular formula is C53H34N2OS. The van der Waals surface area contributed by atoms with Gasteiger partial charge in [0.15, 0.2) is 0 Å². The normalized spacial score (nSPS) is 12.1. The smallest absolute Gasteiger partial charge is 0.135 e. The molecule has 0 amide bonds. The third-order valence-corrected chi connectivity index (χ3v) is 12.7. The molecule has 0 N–H and O–H groups in total. The van der Waals surface area contributed by atoms with Gasteiger partial charge in [-0.1, -0.05) is 109 Å². The highest BCUT2D eigenvalue weighted by Crippen LogP contribution is 2.49. The van der Waals surface area contributed by atoms with E-state index in [1.807, 2.05) is 23.5 Å². The summed E-state index contributed by atoms with van der Waals surface area (Å²) < 4.78 is 8.78. The summed E-state index contributed by atoms with van der Waals surface area (Å²) in [5.41, 5.74) is 14.0. The number of thiophene rings is 1. The Labute approximate surface area is 333 Å². The first-order valence-electron chi connectivity index (χ1n) is 19.5. The summed E-state index contributed by atoms with van der Waals surface area (Å²) in [6.45, 7) is 0. The van der Waals surface area contributed by atoms with E-state index in [4.69, 9.17) is 4.42 Å². The minimum Gasteiger partial charge on any atom is -0.456 e. The molecule has 0 bridgehead atoms. The van der Waals surface area contributed by atoms with Gasteiger partial charge in [-0.25, -0.2) is 0 Å². The van der Waals surface area contributed by atoms with Crippen molar-refractivity contribution in [2.24, 2.45) is 0 Å². The fraction of sp³-hybridized carbons (Fsp3) is 0.0189. The van der Waals surface area contributed by atoms with Crippen LogP contribution < -0.4 is 9.80 Å². The summed E-state index contributed by atoms with van der Waals surface area (Å²) in [7, 11) is 0. The van der Waals surface area contributed by atoms with Gasteiger partial charge in [-0.3, -0.25) is 0 Å². The number of nitrogens with zero attached hydrogens (tertiary/aromatic N) is 2. The molecule has 1 aliphatic rings. The zero-order valence-corrected chi connectivity index (χ0v) is 31.7. The van der Waals surface area contributed by atoms with Gasteiger partial charge < -0.3 is 14.2 Å². The number of furan rings is 1. The highest BCUT2D eigenvalue weighted by Gasteiger charge is 2.23. The van der Waals surface area contributed by atoms with E-state index in [-0.39, 0.29) is 0 Å². The van der Waals surface area contributed by atoms with Crippen molar-refractivity contribution in [2.45, 2.75) is 6.42 Å². The van der Waals surface area contributed by atoms with Crippen LogP contribution in [0.5, 0.6) is 0 Å². The van der Waals surface area contributed by atoms with Gasteiger partial charge in [-0.05, 0) is 119 Å². The molecule has 0 fully saturated rings. The van der Waals surface area contributed by atoms with Crippen molar-refractivity contribution in [3.05, 3.63) is 205 Å². The standard InChI is InChI=1S/C53H34N2OS/c1-3-14-36(15-4-1)54(38-24-23-35-29-34-13-7-8-18-41(34)45(35)30-38)39-26-28-51-47(32-39)53-44-21-10-9-19-42(44)48(33-52(53)57-51)55(37-16-5-2-6-17-37)40-25-27-50-46(31-40)43-20-11-12-22-49(43)56-50/h1-28,30-33H,29H2. The summed E-state index contributed by atoms with van der Waals surface area (Å²) in [6.07, 6.45) is 0.982. The quantitative estimate of drug-likeness (QED) is 0.169. The van der Waals surface area contributed by atoms with Crippen LogP contribution in [0.25, 0.3) is 64.0 Å². The maximum Gasteiger partial charge on any atom is 0.135 e. The summed E-state index contributed by atoms with van der Waals surface area (Å²) >= 11 is 1.86. The largest absolute Gasteiger partial charge is 0.456 e. The molecule has 12 rings (SSSR count). The maximum atomic E-state index is 6.26. The molecule has 0 saturated carbocycles. The third-order valence-electron chi connectivity index (χ3n) is 11.6. The van der Waals surface area contributed by atoms with Gasteiger partial charge in [0.25, 0.3) is 0 Å². The molecule has 0 radical (unpaired) electrons. The highest BCUT2D eigenvalue weighted by atomic mass is 32.1. The van der Waals surface area contributed by atoms with Crippen LogP contribution in [0.15, 0.2) is 199 Å². The summed E-state index contributed by atoms with van der Waals surface area (Å²) in [5.74, 6) is 0. The van der Waals surface area contributed by atoms with E-state index in [0.29, 0.717) is 0 Å². The van der Waals surface area contributed by atoms with Gasteiger partial charge in [0.2, 0.25) is 0 Å². The Bertz CT molecular complexity index is 3350. The van der Waals surface area contributed by atoms with Gasteiger partial charge in [0.05, 0.1) is 5.69 Å². The van der Waals surface area contributed by atoms with E-state index in [2.05, 4.69) is 192 Å². The minimum absolute atomic E-state index is 0.892. The summed E-state index contributed by atoms with van der Waals surface area (Å²) in [5, 5.41) is 7.23. The van der Waals surface area contributed by atoms with Crippen molar-refractivity contribution in [3.8, 4) is 11.1 Å². The Morgan fingerprint density at radius 3 is 1.81 bits per heavy atom. The average molecular weight is 747 g/mol. The van der Waals surface area contributed by atoms with E-state index in [1.54, 1.807) is 0 Å². The van der Waals surface area contributed by atoms with Crippen LogP contribution in [-0.2, 0) is 6.42 Å². The predicted octanol–water partition coefficient (Wildman–Crippen LogP) is 15.6. The van der Waals surface area contributed by atoms with Crippen LogP contribution in [-0.4, -0.2) is 0 Å². The summed E-state index contributed by atoms with van der Waals surface area (Å²) in [6, 6.07) is 70.5. The number of anilines is 6. The van der Waals surface area contributed by atoms with Gasteiger partial charge in [-0.2, -0.15) is 0 Å². The fourth-order valence-electron chi connectivity index (χ4n) is 9.07. The first-order valence-corrected chi connectivity index (χ1v) is 20.3. The lowest BCUT2D eigenvalue weighted by atomic mass is 10.00.